The Morgan fingerprint density at radius 3 is 2.36 bits per heavy atom. The Bertz CT molecular complexity index is 920. The number of carbonyl (C=O) groups is 1. The highest BCUT2D eigenvalue weighted by Crippen LogP contribution is 2.34. The third-order valence-corrected chi connectivity index (χ3v) is 4.12. The SMILES string of the molecule is CN(C)c1nc(C(=O)NC(c2ccc(C(F)F)c(F)c2)C(C)(C)C)cc(=O)[nH]1. The van der Waals surface area contributed by atoms with Crippen molar-refractivity contribution in [2.45, 2.75) is 33.2 Å². The summed E-state index contributed by atoms with van der Waals surface area (Å²) in [6, 6.07) is 3.72. The number of hydrogen-bond donors (Lipinski definition) is 2. The van der Waals surface area contributed by atoms with Gasteiger partial charge in [-0.15, -0.1) is 0 Å². The maximum absolute atomic E-state index is 14.0. The summed E-state index contributed by atoms with van der Waals surface area (Å²) >= 11 is 0. The van der Waals surface area contributed by atoms with Crippen LogP contribution in [-0.2, 0) is 0 Å². The van der Waals surface area contributed by atoms with E-state index >= 15 is 0 Å². The van der Waals surface area contributed by atoms with Crippen LogP contribution in [-0.4, -0.2) is 30.0 Å². The van der Waals surface area contributed by atoms with Crippen molar-refractivity contribution in [3.05, 3.63) is 57.3 Å². The molecule has 28 heavy (non-hydrogen) atoms. The number of aromatic amines is 1. The molecular formula is C19H23F3N4O2. The molecule has 9 heteroatoms. The average Bonchev–Trinajstić information content (AvgIpc) is 2.57. The highest BCUT2D eigenvalue weighted by atomic mass is 19.3. The fraction of sp³-hybridized carbons (Fsp3) is 0.421. The zero-order valence-electron chi connectivity index (χ0n) is 16.3. The molecule has 1 aromatic carbocycles. The average molecular weight is 396 g/mol. The van der Waals surface area contributed by atoms with Gasteiger partial charge in [0.05, 0.1) is 11.6 Å². The Kier molecular flexibility index (Phi) is 6.16. The molecule has 0 aliphatic carbocycles. The molecule has 1 heterocycles. The van der Waals surface area contributed by atoms with E-state index in [0.29, 0.717) is 5.56 Å². The van der Waals surface area contributed by atoms with Crippen molar-refractivity contribution in [3.63, 3.8) is 0 Å². The minimum atomic E-state index is -2.93. The topological polar surface area (TPSA) is 78.1 Å². The molecule has 0 saturated carbocycles. The van der Waals surface area contributed by atoms with E-state index < -0.39 is 40.7 Å². The van der Waals surface area contributed by atoms with Gasteiger partial charge in [-0.25, -0.2) is 18.2 Å². The van der Waals surface area contributed by atoms with Crippen LogP contribution in [0.15, 0.2) is 29.1 Å². The Labute approximate surface area is 160 Å². The molecule has 0 aliphatic rings. The molecule has 0 fully saturated rings. The first kappa shape index (κ1) is 21.5. The highest BCUT2D eigenvalue weighted by molar-refractivity contribution is 5.92. The number of aromatic nitrogens is 2. The van der Waals surface area contributed by atoms with Gasteiger partial charge in [0.1, 0.15) is 11.5 Å². The van der Waals surface area contributed by atoms with Gasteiger partial charge in [-0.1, -0.05) is 32.9 Å². The number of nitrogens with zero attached hydrogens (tertiary/aromatic N) is 2. The molecule has 2 rings (SSSR count). The highest BCUT2D eigenvalue weighted by Gasteiger charge is 2.30. The summed E-state index contributed by atoms with van der Waals surface area (Å²) in [5, 5.41) is 2.73. The molecule has 1 amide bonds. The fourth-order valence-electron chi connectivity index (χ4n) is 2.68. The zero-order chi connectivity index (χ0) is 21.2. The molecular weight excluding hydrogens is 373 g/mol. The number of halogens is 3. The van der Waals surface area contributed by atoms with Crippen molar-refractivity contribution in [2.75, 3.05) is 19.0 Å². The fourth-order valence-corrected chi connectivity index (χ4v) is 2.68. The number of amides is 1. The lowest BCUT2D eigenvalue weighted by Crippen LogP contribution is -2.37. The summed E-state index contributed by atoms with van der Waals surface area (Å²) < 4.78 is 39.7. The van der Waals surface area contributed by atoms with Crippen LogP contribution in [0.5, 0.6) is 0 Å². The predicted octanol–water partition coefficient (Wildman–Crippen LogP) is 3.43. The zero-order valence-corrected chi connectivity index (χ0v) is 16.3. The summed E-state index contributed by atoms with van der Waals surface area (Å²) in [5.74, 6) is -1.47. The molecule has 1 unspecified atom stereocenters. The van der Waals surface area contributed by atoms with Gasteiger partial charge in [0.25, 0.3) is 17.9 Å². The van der Waals surface area contributed by atoms with Gasteiger partial charge in [0, 0.05) is 20.2 Å². The Morgan fingerprint density at radius 2 is 1.86 bits per heavy atom. The smallest absolute Gasteiger partial charge is 0.270 e. The van der Waals surface area contributed by atoms with E-state index in [1.165, 1.54) is 11.0 Å². The molecule has 6 nitrogen and oxygen atoms in total. The van der Waals surface area contributed by atoms with Crippen molar-refractivity contribution in [1.82, 2.24) is 15.3 Å². The second-order valence-electron chi connectivity index (χ2n) is 7.70. The van der Waals surface area contributed by atoms with Crippen LogP contribution in [0.4, 0.5) is 19.1 Å². The van der Waals surface area contributed by atoms with Crippen LogP contribution in [0, 0.1) is 11.2 Å². The summed E-state index contributed by atoms with van der Waals surface area (Å²) in [6.07, 6.45) is -2.93. The lowest BCUT2D eigenvalue weighted by atomic mass is 9.82. The second kappa shape index (κ2) is 8.04. The lowest BCUT2D eigenvalue weighted by molar-refractivity contribution is 0.0895. The monoisotopic (exact) mass is 396 g/mol. The molecule has 0 saturated heterocycles. The first-order valence-corrected chi connectivity index (χ1v) is 8.57. The third-order valence-electron chi connectivity index (χ3n) is 4.12. The summed E-state index contributed by atoms with van der Waals surface area (Å²) in [5.41, 5.74) is -1.54. The number of alkyl halides is 2. The van der Waals surface area contributed by atoms with E-state index in [-0.39, 0.29) is 11.6 Å². The van der Waals surface area contributed by atoms with Crippen LogP contribution in [0.3, 0.4) is 0 Å². The van der Waals surface area contributed by atoms with Crippen molar-refractivity contribution >= 4 is 11.9 Å². The minimum Gasteiger partial charge on any atom is -0.348 e. The maximum Gasteiger partial charge on any atom is 0.270 e. The summed E-state index contributed by atoms with van der Waals surface area (Å²) in [6.45, 7) is 5.44. The number of rotatable bonds is 5. The number of H-pyrrole nitrogens is 1. The first-order valence-electron chi connectivity index (χ1n) is 8.57. The predicted molar refractivity (Wildman–Crippen MR) is 100 cm³/mol. The van der Waals surface area contributed by atoms with E-state index in [2.05, 4.69) is 15.3 Å². The number of carbonyl (C=O) groups excluding carboxylic acids is 1. The number of anilines is 1. The molecule has 1 aromatic heterocycles. The quantitative estimate of drug-likeness (QED) is 0.812. The van der Waals surface area contributed by atoms with Gasteiger partial charge in [-0.05, 0) is 17.0 Å². The number of nitrogens with one attached hydrogen (secondary N) is 2. The van der Waals surface area contributed by atoms with Crippen molar-refractivity contribution in [3.8, 4) is 0 Å². The van der Waals surface area contributed by atoms with E-state index in [0.717, 1.165) is 18.2 Å². The standard InChI is InChI=1S/C19H23F3N4O2/c1-19(2,3)15(10-6-7-11(16(21)22)12(20)8-10)25-17(28)13-9-14(27)24-18(23-13)26(4)5/h6-9,15-16H,1-5H3,(H,25,28)(H,23,24,27). The Hall–Kier alpha value is -2.84. The van der Waals surface area contributed by atoms with Crippen molar-refractivity contribution in [1.29, 1.82) is 0 Å². The molecule has 0 spiro atoms. The molecule has 2 aromatic rings. The third kappa shape index (κ3) is 4.90. The second-order valence-corrected chi connectivity index (χ2v) is 7.70. The van der Waals surface area contributed by atoms with Crippen LogP contribution in [0.2, 0.25) is 0 Å². The normalized spacial score (nSPS) is 12.8. The van der Waals surface area contributed by atoms with E-state index in [4.69, 9.17) is 0 Å². The molecule has 152 valence electrons. The van der Waals surface area contributed by atoms with Gasteiger partial charge in [-0.3, -0.25) is 14.6 Å². The summed E-state index contributed by atoms with van der Waals surface area (Å²) in [7, 11) is 3.32. The van der Waals surface area contributed by atoms with Gasteiger partial charge in [0.2, 0.25) is 5.95 Å². The number of benzene rings is 1. The lowest BCUT2D eigenvalue weighted by Gasteiger charge is -2.32. The molecule has 0 aliphatic heterocycles. The minimum absolute atomic E-state index is 0.105. The summed E-state index contributed by atoms with van der Waals surface area (Å²) in [4.78, 5) is 32.6. The van der Waals surface area contributed by atoms with Gasteiger partial charge >= 0.3 is 0 Å². The van der Waals surface area contributed by atoms with Gasteiger partial charge < -0.3 is 10.2 Å². The van der Waals surface area contributed by atoms with Crippen LogP contribution < -0.4 is 15.8 Å². The van der Waals surface area contributed by atoms with E-state index in [9.17, 15) is 22.8 Å². The maximum atomic E-state index is 14.0. The van der Waals surface area contributed by atoms with Crippen molar-refractivity contribution in [2.24, 2.45) is 5.41 Å². The van der Waals surface area contributed by atoms with Crippen LogP contribution in [0.1, 0.15) is 54.9 Å². The van der Waals surface area contributed by atoms with Crippen LogP contribution >= 0.6 is 0 Å². The van der Waals surface area contributed by atoms with Gasteiger partial charge in [-0.2, -0.15) is 0 Å². The first-order chi connectivity index (χ1) is 12.9. The molecule has 2 N–H and O–H groups in total. The van der Waals surface area contributed by atoms with E-state index in [1.54, 1.807) is 14.1 Å². The van der Waals surface area contributed by atoms with Gasteiger partial charge in [0.15, 0.2) is 0 Å². The van der Waals surface area contributed by atoms with E-state index in [1.807, 2.05) is 20.8 Å². The molecule has 1 atom stereocenters. The Morgan fingerprint density at radius 1 is 1.21 bits per heavy atom. The van der Waals surface area contributed by atoms with Crippen molar-refractivity contribution < 1.29 is 18.0 Å². The largest absolute Gasteiger partial charge is 0.348 e. The molecule has 0 radical (unpaired) electrons. The number of hydrogen-bond acceptors (Lipinski definition) is 4. The van der Waals surface area contributed by atoms with Crippen LogP contribution in [0.25, 0.3) is 0 Å². The Balaban J connectivity index is 2.40. The molecule has 0 bridgehead atoms.